The predicted molar refractivity (Wildman–Crippen MR) is 121 cm³/mol. The van der Waals surface area contributed by atoms with Crippen LogP contribution in [-0.2, 0) is 35.8 Å². The van der Waals surface area contributed by atoms with Crippen molar-refractivity contribution in [3.05, 3.63) is 82.3 Å². The summed E-state index contributed by atoms with van der Waals surface area (Å²) in [6.07, 6.45) is 4.85. The highest BCUT2D eigenvalue weighted by atomic mass is 32.2. The molecule has 0 aliphatic carbocycles. The summed E-state index contributed by atoms with van der Waals surface area (Å²) >= 11 is 0. The summed E-state index contributed by atoms with van der Waals surface area (Å²) < 4.78 is 23.9. The van der Waals surface area contributed by atoms with Gasteiger partial charge in [0.15, 0.2) is 9.84 Å². The maximum Gasteiger partial charge on any atom is 0.253 e. The highest BCUT2D eigenvalue weighted by Crippen LogP contribution is 2.27. The number of anilines is 1. The van der Waals surface area contributed by atoms with Crippen molar-refractivity contribution >= 4 is 21.6 Å². The highest BCUT2D eigenvalue weighted by molar-refractivity contribution is 7.91. The zero-order chi connectivity index (χ0) is 22.3. The summed E-state index contributed by atoms with van der Waals surface area (Å²) in [4.78, 5) is 24.4. The van der Waals surface area contributed by atoms with E-state index < -0.39 is 9.84 Å². The van der Waals surface area contributed by atoms with E-state index in [1.165, 1.54) is 5.56 Å². The number of carbonyl (C=O) groups is 1. The second-order valence-electron chi connectivity index (χ2n) is 8.34. The number of hydrogen-bond donors (Lipinski definition) is 1. The van der Waals surface area contributed by atoms with E-state index in [0.717, 1.165) is 47.7 Å². The minimum absolute atomic E-state index is 0.161. The number of rotatable bonds is 4. The molecule has 0 spiro atoms. The van der Waals surface area contributed by atoms with Gasteiger partial charge < -0.3 is 10.2 Å². The standard InChI is InChI=1S/C24H24N4O3S/c1-16-11-20(14-26-23(16)28-9-6-21-19(15-28)3-2-8-25-21)24(29)27-13-17-4-5-22-18(12-17)7-10-32(22,30)31/h2-5,8,11-12,14H,6-7,9-10,13,15H2,1H3,(H,27,29). The Bertz CT molecular complexity index is 1320. The summed E-state index contributed by atoms with van der Waals surface area (Å²) in [6.45, 7) is 3.91. The maximum absolute atomic E-state index is 12.7. The summed E-state index contributed by atoms with van der Waals surface area (Å²) in [5.74, 6) is 0.846. The predicted octanol–water partition coefficient (Wildman–Crippen LogP) is 2.61. The lowest BCUT2D eigenvalue weighted by molar-refractivity contribution is 0.0950. The van der Waals surface area contributed by atoms with Gasteiger partial charge in [-0.05, 0) is 53.8 Å². The molecule has 0 atom stereocenters. The first-order valence-corrected chi connectivity index (χ1v) is 12.3. The molecular formula is C24H24N4O3S. The van der Waals surface area contributed by atoms with E-state index in [4.69, 9.17) is 0 Å². The molecule has 1 amide bonds. The molecule has 0 fully saturated rings. The van der Waals surface area contributed by atoms with Crippen molar-refractivity contribution in [3.8, 4) is 0 Å². The SMILES string of the molecule is Cc1cc(C(=O)NCc2ccc3c(c2)CCS3(=O)=O)cnc1N1CCc2ncccc2C1. The van der Waals surface area contributed by atoms with E-state index in [2.05, 4.69) is 26.3 Å². The second kappa shape index (κ2) is 8.02. The van der Waals surface area contributed by atoms with Gasteiger partial charge in [0.2, 0.25) is 0 Å². The molecule has 5 rings (SSSR count). The molecule has 0 saturated heterocycles. The Morgan fingerprint density at radius 1 is 1.12 bits per heavy atom. The molecule has 0 unspecified atom stereocenters. The monoisotopic (exact) mass is 448 g/mol. The molecular weight excluding hydrogens is 424 g/mol. The van der Waals surface area contributed by atoms with Gasteiger partial charge in [-0.25, -0.2) is 13.4 Å². The number of aryl methyl sites for hydroxylation is 2. The van der Waals surface area contributed by atoms with Gasteiger partial charge in [0.05, 0.1) is 16.2 Å². The van der Waals surface area contributed by atoms with Crippen molar-refractivity contribution < 1.29 is 13.2 Å². The Kier molecular flexibility index (Phi) is 5.17. The molecule has 0 radical (unpaired) electrons. The second-order valence-corrected chi connectivity index (χ2v) is 10.4. The Balaban J connectivity index is 1.26. The molecule has 4 heterocycles. The fraction of sp³-hybridized carbons (Fsp3) is 0.292. The molecule has 2 aliphatic rings. The van der Waals surface area contributed by atoms with Gasteiger partial charge in [-0.15, -0.1) is 0 Å². The Hall–Kier alpha value is -3.26. The van der Waals surface area contributed by atoms with Gasteiger partial charge in [-0.3, -0.25) is 9.78 Å². The van der Waals surface area contributed by atoms with Crippen molar-refractivity contribution in [1.29, 1.82) is 0 Å². The fourth-order valence-electron chi connectivity index (χ4n) is 4.45. The molecule has 0 bridgehead atoms. The summed E-state index contributed by atoms with van der Waals surface area (Å²) in [7, 11) is -3.13. The number of nitrogens with one attached hydrogen (secondary N) is 1. The minimum atomic E-state index is -3.13. The van der Waals surface area contributed by atoms with Crippen LogP contribution in [0, 0.1) is 6.92 Å². The molecule has 32 heavy (non-hydrogen) atoms. The largest absolute Gasteiger partial charge is 0.352 e. The Labute approximate surface area is 187 Å². The number of carbonyl (C=O) groups excluding carboxylic acids is 1. The van der Waals surface area contributed by atoms with Gasteiger partial charge in [0.25, 0.3) is 5.91 Å². The van der Waals surface area contributed by atoms with E-state index in [1.807, 2.05) is 31.3 Å². The average Bonchev–Trinajstić information content (AvgIpc) is 3.11. The normalized spacial score (nSPS) is 16.3. The van der Waals surface area contributed by atoms with E-state index in [0.29, 0.717) is 23.4 Å². The van der Waals surface area contributed by atoms with Crippen molar-refractivity contribution in [3.63, 3.8) is 0 Å². The van der Waals surface area contributed by atoms with Gasteiger partial charge in [-0.2, -0.15) is 0 Å². The number of amides is 1. The number of pyridine rings is 2. The van der Waals surface area contributed by atoms with Crippen LogP contribution in [0.1, 0.15) is 38.3 Å². The lowest BCUT2D eigenvalue weighted by Gasteiger charge is -2.30. The third-order valence-corrected chi connectivity index (χ3v) is 7.94. The smallest absolute Gasteiger partial charge is 0.253 e. The van der Waals surface area contributed by atoms with Crippen LogP contribution in [0.25, 0.3) is 0 Å². The van der Waals surface area contributed by atoms with Crippen molar-refractivity contribution in [2.45, 2.75) is 37.8 Å². The Morgan fingerprint density at radius 2 is 2.00 bits per heavy atom. The number of sulfone groups is 1. The van der Waals surface area contributed by atoms with Crippen LogP contribution in [0.3, 0.4) is 0 Å². The zero-order valence-corrected chi connectivity index (χ0v) is 18.7. The van der Waals surface area contributed by atoms with E-state index in [-0.39, 0.29) is 11.7 Å². The maximum atomic E-state index is 12.7. The molecule has 164 valence electrons. The van der Waals surface area contributed by atoms with E-state index >= 15 is 0 Å². The topological polar surface area (TPSA) is 92.3 Å². The van der Waals surface area contributed by atoms with Gasteiger partial charge in [0, 0.05) is 44.1 Å². The quantitative estimate of drug-likeness (QED) is 0.660. The molecule has 0 saturated carbocycles. The van der Waals surface area contributed by atoms with Crippen LogP contribution in [-0.4, -0.2) is 36.6 Å². The van der Waals surface area contributed by atoms with Gasteiger partial charge in [0.1, 0.15) is 5.82 Å². The summed E-state index contributed by atoms with van der Waals surface area (Å²) in [6, 6.07) is 11.2. The zero-order valence-electron chi connectivity index (χ0n) is 17.8. The van der Waals surface area contributed by atoms with E-state index in [1.54, 1.807) is 18.3 Å². The van der Waals surface area contributed by atoms with Crippen LogP contribution in [0.4, 0.5) is 5.82 Å². The molecule has 7 nitrogen and oxygen atoms in total. The Morgan fingerprint density at radius 3 is 2.84 bits per heavy atom. The summed E-state index contributed by atoms with van der Waals surface area (Å²) in [5.41, 5.74) is 5.53. The lowest BCUT2D eigenvalue weighted by Crippen LogP contribution is -2.32. The van der Waals surface area contributed by atoms with Crippen LogP contribution in [0.5, 0.6) is 0 Å². The first-order chi connectivity index (χ1) is 15.4. The number of benzene rings is 1. The highest BCUT2D eigenvalue weighted by Gasteiger charge is 2.26. The van der Waals surface area contributed by atoms with Crippen molar-refractivity contribution in [1.82, 2.24) is 15.3 Å². The number of hydrogen-bond acceptors (Lipinski definition) is 6. The van der Waals surface area contributed by atoms with E-state index in [9.17, 15) is 13.2 Å². The third-order valence-electron chi connectivity index (χ3n) is 6.13. The first kappa shape index (κ1) is 20.6. The molecule has 1 aromatic carbocycles. The first-order valence-electron chi connectivity index (χ1n) is 10.7. The molecule has 2 aliphatic heterocycles. The minimum Gasteiger partial charge on any atom is -0.352 e. The number of fused-ring (bicyclic) bond motifs is 2. The van der Waals surface area contributed by atoms with Crippen molar-refractivity contribution in [2.75, 3.05) is 17.2 Å². The summed E-state index contributed by atoms with van der Waals surface area (Å²) in [5, 5.41) is 2.92. The molecule has 1 N–H and O–H groups in total. The number of nitrogens with zero attached hydrogens (tertiary/aromatic N) is 3. The fourth-order valence-corrected chi connectivity index (χ4v) is 5.99. The number of aromatic nitrogens is 2. The average molecular weight is 449 g/mol. The molecule has 3 aromatic rings. The van der Waals surface area contributed by atoms with Gasteiger partial charge >= 0.3 is 0 Å². The lowest BCUT2D eigenvalue weighted by atomic mass is 10.0. The van der Waals surface area contributed by atoms with Crippen LogP contribution >= 0.6 is 0 Å². The molecule has 8 heteroatoms. The van der Waals surface area contributed by atoms with Gasteiger partial charge in [-0.1, -0.05) is 18.2 Å². The van der Waals surface area contributed by atoms with Crippen LogP contribution in [0.2, 0.25) is 0 Å². The van der Waals surface area contributed by atoms with Crippen molar-refractivity contribution in [2.24, 2.45) is 0 Å². The molecule has 2 aromatic heterocycles. The van der Waals surface area contributed by atoms with Crippen LogP contribution in [0.15, 0.2) is 53.7 Å². The third kappa shape index (κ3) is 3.86. The van der Waals surface area contributed by atoms with Crippen LogP contribution < -0.4 is 10.2 Å².